The van der Waals surface area contributed by atoms with Crippen molar-refractivity contribution in [1.29, 1.82) is 5.41 Å². The normalized spacial score (nSPS) is 26.4. The van der Waals surface area contributed by atoms with E-state index in [0.717, 1.165) is 0 Å². The number of halogens is 3. The largest absolute Gasteiger partial charge is 0.458 e. The van der Waals surface area contributed by atoms with E-state index >= 15 is 0 Å². The predicted octanol–water partition coefficient (Wildman–Crippen LogP) is 4.68. The Morgan fingerprint density at radius 3 is 2.28 bits per heavy atom. The van der Waals surface area contributed by atoms with Crippen LogP contribution < -0.4 is 0 Å². The van der Waals surface area contributed by atoms with Gasteiger partial charge in [-0.25, -0.2) is 4.79 Å². The smallest absolute Gasteiger partial charge is 0.338 e. The van der Waals surface area contributed by atoms with Gasteiger partial charge in [-0.2, -0.15) is 0 Å². The molecule has 5 atom stereocenters. The van der Waals surface area contributed by atoms with E-state index in [9.17, 15) is 4.79 Å². The van der Waals surface area contributed by atoms with Crippen LogP contribution in [-0.2, 0) is 14.2 Å². The molecular formula is C15H14Cl3N7O4. The lowest BCUT2D eigenvalue weighted by atomic mass is 9.95. The highest BCUT2D eigenvalue weighted by Crippen LogP contribution is 2.33. The van der Waals surface area contributed by atoms with Gasteiger partial charge in [0.25, 0.3) is 3.79 Å². The number of carbonyl (C=O) groups is 1. The van der Waals surface area contributed by atoms with E-state index in [0.29, 0.717) is 0 Å². The van der Waals surface area contributed by atoms with Crippen molar-refractivity contribution in [2.24, 2.45) is 10.2 Å². The molecule has 0 aliphatic carbocycles. The molecule has 1 N–H and O–H groups in total. The van der Waals surface area contributed by atoms with Crippen LogP contribution >= 0.6 is 34.8 Å². The summed E-state index contributed by atoms with van der Waals surface area (Å²) < 4.78 is 14.0. The summed E-state index contributed by atoms with van der Waals surface area (Å²) in [7, 11) is 0. The molecule has 1 aromatic rings. The van der Waals surface area contributed by atoms with Crippen LogP contribution in [0.15, 0.2) is 40.6 Å². The topological polar surface area (TPSA) is 166 Å². The number of hydrogen-bond donors (Lipinski definition) is 1. The molecule has 11 nitrogen and oxygen atoms in total. The number of esters is 1. The zero-order valence-corrected chi connectivity index (χ0v) is 17.0. The number of hydrogen-bond acceptors (Lipinski definition) is 7. The van der Waals surface area contributed by atoms with Crippen LogP contribution in [0.5, 0.6) is 0 Å². The number of carbonyl (C=O) groups excluding carboxylic acids is 1. The first kappa shape index (κ1) is 22.9. The summed E-state index contributed by atoms with van der Waals surface area (Å²) in [6, 6.07) is 5.62. The summed E-state index contributed by atoms with van der Waals surface area (Å²) in [5.41, 5.74) is 18.1. The summed E-state index contributed by atoms with van der Waals surface area (Å²) in [4.78, 5) is 18.0. The number of nitrogens with one attached hydrogen (secondary N) is 1. The number of ether oxygens (including phenoxy) is 3. The molecule has 0 radical (unpaired) electrons. The van der Waals surface area contributed by atoms with Gasteiger partial charge in [0.15, 0.2) is 0 Å². The number of azide groups is 2. The second-order valence-corrected chi connectivity index (χ2v) is 8.06. The fourth-order valence-electron chi connectivity index (χ4n) is 2.58. The second-order valence-electron chi connectivity index (χ2n) is 5.78. The summed E-state index contributed by atoms with van der Waals surface area (Å²) in [6.07, 6.45) is -3.56. The molecule has 1 heterocycles. The quantitative estimate of drug-likeness (QED) is 0.128. The molecular weight excluding hydrogens is 449 g/mol. The van der Waals surface area contributed by atoms with E-state index in [1.54, 1.807) is 18.2 Å². The first-order valence-corrected chi connectivity index (χ1v) is 9.14. The third-order valence-corrected chi connectivity index (χ3v) is 4.41. The number of benzene rings is 1. The minimum atomic E-state index is -2.20. The van der Waals surface area contributed by atoms with Crippen molar-refractivity contribution < 1.29 is 19.0 Å². The van der Waals surface area contributed by atoms with Gasteiger partial charge >= 0.3 is 5.97 Å². The Labute approximate surface area is 179 Å². The molecule has 14 heteroatoms. The first-order valence-electron chi connectivity index (χ1n) is 8.01. The predicted molar refractivity (Wildman–Crippen MR) is 105 cm³/mol. The number of alkyl halides is 3. The van der Waals surface area contributed by atoms with Crippen LogP contribution in [0.2, 0.25) is 0 Å². The summed E-state index contributed by atoms with van der Waals surface area (Å²) in [6.45, 7) is 1.52. The lowest BCUT2D eigenvalue weighted by Gasteiger charge is -2.41. The van der Waals surface area contributed by atoms with Crippen LogP contribution in [0.3, 0.4) is 0 Å². The van der Waals surface area contributed by atoms with Gasteiger partial charge in [-0.3, -0.25) is 5.41 Å². The lowest BCUT2D eigenvalue weighted by Crippen LogP contribution is -2.58. The fourth-order valence-corrected chi connectivity index (χ4v) is 2.71. The highest BCUT2D eigenvalue weighted by Gasteiger charge is 2.48. The van der Waals surface area contributed by atoms with Crippen molar-refractivity contribution >= 4 is 46.7 Å². The van der Waals surface area contributed by atoms with E-state index in [-0.39, 0.29) is 5.56 Å². The molecule has 154 valence electrons. The molecule has 1 aliphatic heterocycles. The van der Waals surface area contributed by atoms with Crippen molar-refractivity contribution in [3.63, 3.8) is 0 Å². The summed E-state index contributed by atoms with van der Waals surface area (Å²) in [5.74, 6) is -1.55. The molecule has 1 aliphatic rings. The number of nitrogens with zero attached hydrogens (tertiary/aromatic N) is 6. The van der Waals surface area contributed by atoms with Crippen molar-refractivity contribution in [2.75, 3.05) is 0 Å². The molecule has 1 saturated heterocycles. The van der Waals surface area contributed by atoms with E-state index < -0.39 is 46.2 Å². The molecule has 0 spiro atoms. The lowest BCUT2D eigenvalue weighted by molar-refractivity contribution is -0.196. The molecule has 1 fully saturated rings. The maximum atomic E-state index is 12.5. The zero-order chi connectivity index (χ0) is 21.6. The fraction of sp³-hybridized carbons (Fsp3) is 0.467. The van der Waals surface area contributed by atoms with Crippen molar-refractivity contribution in [2.45, 2.75) is 41.3 Å². The summed E-state index contributed by atoms with van der Waals surface area (Å²) in [5, 5.41) is 14.8. The molecule has 1 aromatic carbocycles. The van der Waals surface area contributed by atoms with Crippen LogP contribution in [0.25, 0.3) is 20.9 Å². The maximum Gasteiger partial charge on any atom is 0.338 e. The van der Waals surface area contributed by atoms with Gasteiger partial charge < -0.3 is 14.2 Å². The Hall–Kier alpha value is -2.39. The Morgan fingerprint density at radius 2 is 1.72 bits per heavy atom. The van der Waals surface area contributed by atoms with E-state index in [1.165, 1.54) is 19.1 Å². The number of rotatable bonds is 5. The Balaban J connectivity index is 2.38. The maximum absolute atomic E-state index is 12.5. The van der Waals surface area contributed by atoms with E-state index in [2.05, 4.69) is 20.1 Å². The van der Waals surface area contributed by atoms with Gasteiger partial charge in [-0.15, -0.1) is 0 Å². The SMILES string of the molecule is C[C@H]1O[C@H](OC(=N)C(Cl)(Cl)Cl)[C@H](N=[N+]=[N-])[C@@H](OC(=O)c2ccccc2)[C@H]1N=[N+]=[N-]. The van der Waals surface area contributed by atoms with Gasteiger partial charge in [0.2, 0.25) is 12.2 Å². The van der Waals surface area contributed by atoms with Crippen molar-refractivity contribution in [3.05, 3.63) is 56.8 Å². The Morgan fingerprint density at radius 1 is 1.14 bits per heavy atom. The van der Waals surface area contributed by atoms with E-state index in [1.807, 2.05) is 0 Å². The van der Waals surface area contributed by atoms with Crippen LogP contribution in [0.4, 0.5) is 0 Å². The average molecular weight is 463 g/mol. The van der Waals surface area contributed by atoms with Crippen molar-refractivity contribution in [3.8, 4) is 0 Å². The zero-order valence-electron chi connectivity index (χ0n) is 14.7. The Kier molecular flexibility index (Phi) is 7.80. The van der Waals surface area contributed by atoms with Gasteiger partial charge in [-0.05, 0) is 30.1 Å². The van der Waals surface area contributed by atoms with Crippen molar-refractivity contribution in [1.82, 2.24) is 0 Å². The van der Waals surface area contributed by atoms with E-state index in [4.69, 9.17) is 65.5 Å². The average Bonchev–Trinajstić information content (AvgIpc) is 2.67. The van der Waals surface area contributed by atoms with Gasteiger partial charge in [0, 0.05) is 9.82 Å². The van der Waals surface area contributed by atoms with Gasteiger partial charge in [0.05, 0.1) is 11.7 Å². The molecule has 0 aromatic heterocycles. The third-order valence-electron chi connectivity index (χ3n) is 3.90. The standard InChI is InChI=1S/C15H14Cl3N7O4/c1-7-9(22-24-20)11(28-12(26)8-5-3-2-4-6-8)10(23-25-21)13(27-7)29-14(19)15(16,17)18/h2-7,9-11,13,19H,1H3/t7-,9+,10-,11+,13-/m1/s1. The molecule has 0 bridgehead atoms. The van der Waals surface area contributed by atoms with Crippen LogP contribution in [0.1, 0.15) is 17.3 Å². The molecule has 2 rings (SSSR count). The minimum absolute atomic E-state index is 0.220. The van der Waals surface area contributed by atoms with Crippen LogP contribution in [-0.4, -0.2) is 46.2 Å². The first-order chi connectivity index (χ1) is 13.7. The highest BCUT2D eigenvalue weighted by atomic mass is 35.6. The molecule has 0 saturated carbocycles. The van der Waals surface area contributed by atoms with Gasteiger partial charge in [0.1, 0.15) is 18.2 Å². The highest BCUT2D eigenvalue weighted by molar-refractivity contribution is 6.76. The summed E-state index contributed by atoms with van der Waals surface area (Å²) >= 11 is 16.8. The van der Waals surface area contributed by atoms with Gasteiger partial charge in [-0.1, -0.05) is 63.2 Å². The monoisotopic (exact) mass is 461 g/mol. The Bertz CT molecular complexity index is 853. The molecule has 29 heavy (non-hydrogen) atoms. The molecule has 0 unspecified atom stereocenters. The third kappa shape index (κ3) is 5.80. The minimum Gasteiger partial charge on any atom is -0.458 e. The molecule has 0 amide bonds. The second kappa shape index (κ2) is 9.89. The van der Waals surface area contributed by atoms with Crippen LogP contribution in [0, 0.1) is 5.41 Å².